The summed E-state index contributed by atoms with van der Waals surface area (Å²) in [6.45, 7) is 8.27. The fraction of sp³-hybridized carbons (Fsp3) is 0.786. The molecule has 0 unspecified atom stereocenters. The summed E-state index contributed by atoms with van der Waals surface area (Å²) in [5.41, 5.74) is 2.43. The van der Waals surface area contributed by atoms with E-state index in [4.69, 9.17) is 0 Å². The van der Waals surface area contributed by atoms with E-state index in [2.05, 4.69) is 56.8 Å². The SMILES string of the molecule is CCc1nn(CC)c(CNCCN(C)C2CC2)c1Br. The lowest BCUT2D eigenvalue weighted by atomic mass is 10.3. The molecule has 0 spiro atoms. The van der Waals surface area contributed by atoms with E-state index in [1.54, 1.807) is 0 Å². The molecule has 1 fully saturated rings. The van der Waals surface area contributed by atoms with Crippen molar-refractivity contribution in [2.24, 2.45) is 0 Å². The molecule has 0 saturated heterocycles. The molecule has 1 saturated carbocycles. The smallest absolute Gasteiger partial charge is 0.0767 e. The van der Waals surface area contributed by atoms with E-state index in [0.29, 0.717) is 0 Å². The number of nitrogens with zero attached hydrogens (tertiary/aromatic N) is 3. The minimum Gasteiger partial charge on any atom is -0.310 e. The summed E-state index contributed by atoms with van der Waals surface area (Å²) >= 11 is 3.68. The molecule has 2 rings (SSSR count). The molecule has 0 amide bonds. The predicted octanol–water partition coefficient (Wildman–Crippen LogP) is 2.41. The van der Waals surface area contributed by atoms with E-state index in [1.807, 2.05) is 0 Å². The maximum absolute atomic E-state index is 4.62. The standard InChI is InChI=1S/C14H25BrN4/c1-4-12-14(15)13(19(5-2)17-12)10-16-8-9-18(3)11-6-7-11/h11,16H,4-10H2,1-3H3. The Kier molecular flexibility index (Phi) is 5.42. The Morgan fingerprint density at radius 1 is 1.42 bits per heavy atom. The summed E-state index contributed by atoms with van der Waals surface area (Å²) in [6.07, 6.45) is 3.74. The summed E-state index contributed by atoms with van der Waals surface area (Å²) in [7, 11) is 2.22. The minimum atomic E-state index is 0.849. The first-order chi connectivity index (χ1) is 9.17. The van der Waals surface area contributed by atoms with Crippen molar-refractivity contribution in [1.29, 1.82) is 0 Å². The fourth-order valence-corrected chi connectivity index (χ4v) is 3.05. The van der Waals surface area contributed by atoms with Gasteiger partial charge in [0.25, 0.3) is 0 Å². The van der Waals surface area contributed by atoms with Crippen LogP contribution in [0.25, 0.3) is 0 Å². The average Bonchev–Trinajstić information content (AvgIpc) is 3.21. The first kappa shape index (κ1) is 15.0. The van der Waals surface area contributed by atoms with Gasteiger partial charge in [0.1, 0.15) is 0 Å². The Labute approximate surface area is 124 Å². The van der Waals surface area contributed by atoms with Crippen molar-refractivity contribution >= 4 is 15.9 Å². The Hall–Kier alpha value is -0.390. The van der Waals surface area contributed by atoms with Gasteiger partial charge in [0.2, 0.25) is 0 Å². The first-order valence-corrected chi connectivity index (χ1v) is 8.11. The third-order valence-electron chi connectivity index (χ3n) is 3.80. The molecule has 1 aromatic rings. The highest BCUT2D eigenvalue weighted by atomic mass is 79.9. The lowest BCUT2D eigenvalue weighted by Gasteiger charge is -2.16. The number of halogens is 1. The van der Waals surface area contributed by atoms with E-state index >= 15 is 0 Å². The molecule has 0 aromatic carbocycles. The summed E-state index contributed by atoms with van der Waals surface area (Å²) in [5.74, 6) is 0. The molecule has 4 nitrogen and oxygen atoms in total. The zero-order chi connectivity index (χ0) is 13.8. The van der Waals surface area contributed by atoms with Gasteiger partial charge in [0, 0.05) is 32.2 Å². The van der Waals surface area contributed by atoms with Gasteiger partial charge in [-0.15, -0.1) is 0 Å². The number of hydrogen-bond donors (Lipinski definition) is 1. The quantitative estimate of drug-likeness (QED) is 0.744. The van der Waals surface area contributed by atoms with Crippen molar-refractivity contribution in [3.8, 4) is 0 Å². The summed E-state index contributed by atoms with van der Waals surface area (Å²) in [4.78, 5) is 2.45. The second-order valence-corrected chi connectivity index (χ2v) is 6.06. The summed E-state index contributed by atoms with van der Waals surface area (Å²) < 4.78 is 3.28. The van der Waals surface area contributed by atoms with E-state index < -0.39 is 0 Å². The lowest BCUT2D eigenvalue weighted by Crippen LogP contribution is -2.30. The molecule has 0 atom stereocenters. The third-order valence-corrected chi connectivity index (χ3v) is 4.71. The van der Waals surface area contributed by atoms with Gasteiger partial charge in [-0.25, -0.2) is 0 Å². The van der Waals surface area contributed by atoms with Gasteiger partial charge in [-0.3, -0.25) is 4.68 Å². The molecule has 0 bridgehead atoms. The zero-order valence-electron chi connectivity index (χ0n) is 12.2. The van der Waals surface area contributed by atoms with Crippen LogP contribution in [0.3, 0.4) is 0 Å². The highest BCUT2D eigenvalue weighted by Gasteiger charge is 2.25. The Bertz CT molecular complexity index is 412. The summed E-state index contributed by atoms with van der Waals surface area (Å²) in [6, 6.07) is 0.849. The van der Waals surface area contributed by atoms with Crippen molar-refractivity contribution in [3.63, 3.8) is 0 Å². The molecule has 0 radical (unpaired) electrons. The van der Waals surface area contributed by atoms with Crippen LogP contribution < -0.4 is 5.32 Å². The molecule has 0 aliphatic heterocycles. The van der Waals surface area contributed by atoms with Crippen molar-refractivity contribution in [2.75, 3.05) is 20.1 Å². The second-order valence-electron chi connectivity index (χ2n) is 5.27. The molecule has 5 heteroatoms. The molecular weight excluding hydrogens is 304 g/mol. The predicted molar refractivity (Wildman–Crippen MR) is 82.3 cm³/mol. The van der Waals surface area contributed by atoms with Crippen molar-refractivity contribution < 1.29 is 0 Å². The van der Waals surface area contributed by atoms with Gasteiger partial charge in [0.05, 0.1) is 15.9 Å². The topological polar surface area (TPSA) is 33.1 Å². The van der Waals surface area contributed by atoms with E-state index in [-0.39, 0.29) is 0 Å². The molecule has 1 heterocycles. The largest absolute Gasteiger partial charge is 0.310 e. The van der Waals surface area contributed by atoms with Gasteiger partial charge in [0.15, 0.2) is 0 Å². The van der Waals surface area contributed by atoms with Crippen LogP contribution in [-0.4, -0.2) is 40.9 Å². The molecule has 1 aromatic heterocycles. The monoisotopic (exact) mass is 328 g/mol. The average molecular weight is 329 g/mol. The van der Waals surface area contributed by atoms with E-state index in [9.17, 15) is 0 Å². The van der Waals surface area contributed by atoms with Gasteiger partial charge < -0.3 is 10.2 Å². The van der Waals surface area contributed by atoms with Crippen LogP contribution in [0, 0.1) is 0 Å². The van der Waals surface area contributed by atoms with Gasteiger partial charge >= 0.3 is 0 Å². The zero-order valence-corrected chi connectivity index (χ0v) is 13.8. The second kappa shape index (κ2) is 6.86. The van der Waals surface area contributed by atoms with E-state index in [0.717, 1.165) is 44.3 Å². The Morgan fingerprint density at radius 2 is 2.16 bits per heavy atom. The number of hydrogen-bond acceptors (Lipinski definition) is 3. The Morgan fingerprint density at radius 3 is 2.74 bits per heavy atom. The van der Waals surface area contributed by atoms with Crippen LogP contribution in [0.4, 0.5) is 0 Å². The van der Waals surface area contributed by atoms with Crippen LogP contribution >= 0.6 is 15.9 Å². The number of aromatic nitrogens is 2. The minimum absolute atomic E-state index is 0.849. The first-order valence-electron chi connectivity index (χ1n) is 7.32. The molecule has 1 N–H and O–H groups in total. The van der Waals surface area contributed by atoms with Crippen LogP contribution in [0.1, 0.15) is 38.1 Å². The van der Waals surface area contributed by atoms with Crippen molar-refractivity contribution in [3.05, 3.63) is 15.9 Å². The molecule has 19 heavy (non-hydrogen) atoms. The molecular formula is C14H25BrN4. The van der Waals surface area contributed by atoms with Crippen LogP contribution in [0.2, 0.25) is 0 Å². The Balaban J connectivity index is 1.82. The maximum Gasteiger partial charge on any atom is 0.0767 e. The maximum atomic E-state index is 4.62. The van der Waals surface area contributed by atoms with Gasteiger partial charge in [-0.1, -0.05) is 6.92 Å². The highest BCUT2D eigenvalue weighted by molar-refractivity contribution is 9.10. The van der Waals surface area contributed by atoms with Crippen molar-refractivity contribution in [2.45, 2.75) is 52.2 Å². The van der Waals surface area contributed by atoms with Crippen LogP contribution in [0.15, 0.2) is 4.47 Å². The highest BCUT2D eigenvalue weighted by Crippen LogP contribution is 2.25. The van der Waals surface area contributed by atoms with Crippen molar-refractivity contribution in [1.82, 2.24) is 20.0 Å². The normalized spacial score (nSPS) is 15.4. The van der Waals surface area contributed by atoms with Gasteiger partial charge in [-0.05, 0) is 49.2 Å². The van der Waals surface area contributed by atoms with Crippen LogP contribution in [0.5, 0.6) is 0 Å². The number of nitrogens with one attached hydrogen (secondary N) is 1. The fourth-order valence-electron chi connectivity index (χ4n) is 2.35. The number of likely N-dealkylation sites (N-methyl/N-ethyl adjacent to an activating group) is 1. The van der Waals surface area contributed by atoms with E-state index in [1.165, 1.54) is 23.0 Å². The third kappa shape index (κ3) is 3.80. The molecule has 1 aliphatic rings. The lowest BCUT2D eigenvalue weighted by molar-refractivity contribution is 0.321. The van der Waals surface area contributed by atoms with Gasteiger partial charge in [-0.2, -0.15) is 5.10 Å². The summed E-state index contributed by atoms with van der Waals surface area (Å²) in [5, 5.41) is 8.15. The molecule has 1 aliphatic carbocycles. The number of aryl methyl sites for hydroxylation is 2. The van der Waals surface area contributed by atoms with Crippen LogP contribution in [-0.2, 0) is 19.5 Å². The number of rotatable bonds is 8. The molecule has 108 valence electrons.